The molecule has 5 nitrogen and oxygen atoms in total. The summed E-state index contributed by atoms with van der Waals surface area (Å²) in [7, 11) is 2.56. The van der Waals surface area contributed by atoms with Gasteiger partial charge in [-0.25, -0.2) is 13.2 Å². The maximum Gasteiger partial charge on any atom is 0.337 e. The van der Waals surface area contributed by atoms with Crippen molar-refractivity contribution in [2.75, 3.05) is 7.11 Å². The zero-order chi connectivity index (χ0) is 13.3. The Hall–Kier alpha value is -1.66. The van der Waals surface area contributed by atoms with Crippen LogP contribution >= 0.6 is 10.7 Å². The van der Waals surface area contributed by atoms with Crippen molar-refractivity contribution in [3.05, 3.63) is 36.0 Å². The van der Waals surface area contributed by atoms with Gasteiger partial charge in [0.25, 0.3) is 9.05 Å². The van der Waals surface area contributed by atoms with Gasteiger partial charge >= 0.3 is 5.97 Å². The van der Waals surface area contributed by atoms with Crippen LogP contribution in [0, 0.1) is 0 Å². The molecule has 1 aromatic carbocycles. The number of hydrogen-bond donors (Lipinski definition) is 0. The summed E-state index contributed by atoms with van der Waals surface area (Å²) in [6.45, 7) is 0. The van der Waals surface area contributed by atoms with Gasteiger partial charge in [0.2, 0.25) is 0 Å². The second-order valence-corrected chi connectivity index (χ2v) is 6.01. The number of hydrogen-bond acceptors (Lipinski definition) is 5. The summed E-state index contributed by atoms with van der Waals surface area (Å²) in [6.07, 6.45) is 1.45. The van der Waals surface area contributed by atoms with Gasteiger partial charge in [-0.1, -0.05) is 6.07 Å². The summed E-state index contributed by atoms with van der Waals surface area (Å²) in [5.74, 6) is -0.637. The van der Waals surface area contributed by atoms with E-state index < -0.39 is 15.0 Å². The number of methoxy groups -OCH3 is 1. The van der Waals surface area contributed by atoms with Crippen LogP contribution in [-0.2, 0) is 13.8 Å². The molecule has 0 aliphatic carbocycles. The molecule has 2 aromatic rings. The molecule has 0 aliphatic heterocycles. The number of halogens is 1. The quantitative estimate of drug-likeness (QED) is 0.623. The van der Waals surface area contributed by atoms with Crippen LogP contribution in [0.3, 0.4) is 0 Å². The predicted octanol–water partition coefficient (Wildman–Crippen LogP) is 1.95. The van der Waals surface area contributed by atoms with Crippen molar-refractivity contribution < 1.29 is 17.9 Å². The Kier molecular flexibility index (Phi) is 3.23. The maximum atomic E-state index is 11.5. The highest BCUT2D eigenvalue weighted by Gasteiger charge is 2.19. The summed E-state index contributed by atoms with van der Waals surface area (Å²) in [6, 6.07) is 5.93. The molecule has 7 heteroatoms. The minimum Gasteiger partial charge on any atom is -0.465 e. The lowest BCUT2D eigenvalue weighted by Gasteiger charge is -2.05. The first-order valence-corrected chi connectivity index (χ1v) is 7.16. The van der Waals surface area contributed by atoms with E-state index >= 15 is 0 Å². The zero-order valence-electron chi connectivity index (χ0n) is 9.25. The van der Waals surface area contributed by atoms with Gasteiger partial charge in [0, 0.05) is 22.3 Å². The van der Waals surface area contributed by atoms with Crippen LogP contribution in [0.25, 0.3) is 10.9 Å². The highest BCUT2D eigenvalue weighted by Crippen LogP contribution is 2.26. The first-order chi connectivity index (χ1) is 8.43. The van der Waals surface area contributed by atoms with E-state index in [9.17, 15) is 13.2 Å². The Bertz CT molecular complexity index is 727. The summed E-state index contributed by atoms with van der Waals surface area (Å²) in [5.41, 5.74) is 0.331. The molecule has 94 valence electrons. The van der Waals surface area contributed by atoms with E-state index in [2.05, 4.69) is 9.72 Å². The third kappa shape index (κ3) is 2.30. The van der Waals surface area contributed by atoms with Crippen LogP contribution < -0.4 is 0 Å². The molecule has 0 saturated heterocycles. The second-order valence-electron chi connectivity index (χ2n) is 3.48. The van der Waals surface area contributed by atoms with Gasteiger partial charge in [-0.2, -0.15) is 0 Å². The van der Waals surface area contributed by atoms with Gasteiger partial charge in [-0.05, 0) is 18.2 Å². The second kappa shape index (κ2) is 4.55. The Morgan fingerprint density at radius 2 is 2.11 bits per heavy atom. The minimum absolute atomic E-state index is 0.109. The third-order valence-corrected chi connectivity index (χ3v) is 3.69. The molecule has 0 radical (unpaired) electrons. The summed E-state index contributed by atoms with van der Waals surface area (Å²) in [5, 5.41) is 0.500. The molecular formula is C11H8ClNO4S. The number of esters is 1. The van der Waals surface area contributed by atoms with Crippen LogP contribution in [0.4, 0.5) is 0 Å². The largest absolute Gasteiger partial charge is 0.465 e. The summed E-state index contributed by atoms with van der Waals surface area (Å²) in [4.78, 5) is 15.2. The van der Waals surface area contributed by atoms with E-state index in [0.717, 1.165) is 6.07 Å². The van der Waals surface area contributed by atoms with Gasteiger partial charge in [0.15, 0.2) is 0 Å². The van der Waals surface area contributed by atoms with Crippen molar-refractivity contribution in [3.8, 4) is 0 Å². The Morgan fingerprint density at radius 1 is 1.39 bits per heavy atom. The number of carbonyl (C=O) groups is 1. The Labute approximate surface area is 108 Å². The Morgan fingerprint density at radius 3 is 2.72 bits per heavy atom. The van der Waals surface area contributed by atoms with Crippen molar-refractivity contribution in [2.24, 2.45) is 0 Å². The van der Waals surface area contributed by atoms with E-state index in [1.807, 2.05) is 0 Å². The monoisotopic (exact) mass is 285 g/mol. The van der Waals surface area contributed by atoms with E-state index in [1.54, 1.807) is 12.1 Å². The van der Waals surface area contributed by atoms with Crippen molar-refractivity contribution in [3.63, 3.8) is 0 Å². The number of pyridine rings is 1. The lowest BCUT2D eigenvalue weighted by atomic mass is 10.1. The van der Waals surface area contributed by atoms with Crippen molar-refractivity contribution in [1.29, 1.82) is 0 Å². The average molecular weight is 286 g/mol. The van der Waals surface area contributed by atoms with Crippen LogP contribution in [0.2, 0.25) is 0 Å². The molecule has 1 aromatic heterocycles. The van der Waals surface area contributed by atoms with Crippen LogP contribution in [0.15, 0.2) is 35.4 Å². The first kappa shape index (κ1) is 12.8. The maximum absolute atomic E-state index is 11.5. The molecule has 0 N–H and O–H groups in total. The summed E-state index contributed by atoms with van der Waals surface area (Å²) >= 11 is 0. The van der Waals surface area contributed by atoms with Gasteiger partial charge in [0.1, 0.15) is 4.90 Å². The number of aromatic nitrogens is 1. The van der Waals surface area contributed by atoms with Crippen LogP contribution in [0.1, 0.15) is 10.4 Å². The fraction of sp³-hybridized carbons (Fsp3) is 0.0909. The summed E-state index contributed by atoms with van der Waals surface area (Å²) < 4.78 is 27.5. The van der Waals surface area contributed by atoms with Crippen molar-refractivity contribution in [1.82, 2.24) is 4.98 Å². The number of carbonyl (C=O) groups excluding carboxylic acids is 1. The van der Waals surface area contributed by atoms with Crippen LogP contribution in [0.5, 0.6) is 0 Å². The molecular weight excluding hydrogens is 278 g/mol. The molecule has 0 bridgehead atoms. The molecule has 0 saturated carbocycles. The Balaban J connectivity index is 2.85. The topological polar surface area (TPSA) is 73.3 Å². The van der Waals surface area contributed by atoms with E-state index in [1.165, 1.54) is 19.4 Å². The van der Waals surface area contributed by atoms with Gasteiger partial charge < -0.3 is 4.74 Å². The van der Waals surface area contributed by atoms with E-state index in [-0.39, 0.29) is 16.0 Å². The molecule has 0 atom stereocenters. The molecule has 0 unspecified atom stereocenters. The number of nitrogens with zero attached hydrogens (tertiary/aromatic N) is 1. The molecule has 0 amide bonds. The molecule has 1 heterocycles. The zero-order valence-corrected chi connectivity index (χ0v) is 10.8. The fourth-order valence-corrected chi connectivity index (χ4v) is 2.60. The highest BCUT2D eigenvalue weighted by atomic mass is 35.7. The molecule has 0 spiro atoms. The average Bonchev–Trinajstić information content (AvgIpc) is 2.35. The molecule has 0 aliphatic rings. The molecule has 0 fully saturated rings. The lowest BCUT2D eigenvalue weighted by Crippen LogP contribution is -2.04. The number of rotatable bonds is 2. The standard InChI is InChI=1S/C11H8ClNO4S/c1-17-11(14)8-5-7-3-2-4-13-10(7)9(6-8)18(12,15)16/h2-6H,1H3. The smallest absolute Gasteiger partial charge is 0.337 e. The minimum atomic E-state index is -3.99. The van der Waals surface area contributed by atoms with E-state index in [4.69, 9.17) is 10.7 Å². The normalized spacial score (nSPS) is 11.4. The third-order valence-electron chi connectivity index (χ3n) is 2.35. The van der Waals surface area contributed by atoms with Crippen molar-refractivity contribution >= 4 is 36.6 Å². The van der Waals surface area contributed by atoms with Gasteiger partial charge in [-0.15, -0.1) is 0 Å². The lowest BCUT2D eigenvalue weighted by molar-refractivity contribution is 0.0600. The van der Waals surface area contributed by atoms with E-state index in [0.29, 0.717) is 5.39 Å². The van der Waals surface area contributed by atoms with Crippen LogP contribution in [-0.4, -0.2) is 26.5 Å². The number of ether oxygens (including phenoxy) is 1. The SMILES string of the molecule is COC(=O)c1cc(S(=O)(=O)Cl)c2ncccc2c1. The number of fused-ring (bicyclic) bond motifs is 1. The predicted molar refractivity (Wildman–Crippen MR) is 66.1 cm³/mol. The molecule has 18 heavy (non-hydrogen) atoms. The number of benzene rings is 1. The van der Waals surface area contributed by atoms with Gasteiger partial charge in [-0.3, -0.25) is 4.98 Å². The highest BCUT2D eigenvalue weighted by molar-refractivity contribution is 8.14. The van der Waals surface area contributed by atoms with Crippen molar-refractivity contribution in [2.45, 2.75) is 4.90 Å². The van der Waals surface area contributed by atoms with Gasteiger partial charge in [0.05, 0.1) is 18.2 Å². The molecule has 2 rings (SSSR count). The fourth-order valence-electron chi connectivity index (χ4n) is 1.58. The first-order valence-electron chi connectivity index (χ1n) is 4.85.